The summed E-state index contributed by atoms with van der Waals surface area (Å²) < 4.78 is 0. The van der Waals surface area contributed by atoms with Crippen molar-refractivity contribution in [1.29, 1.82) is 0 Å². The third kappa shape index (κ3) is 6.78. The molecule has 0 amide bonds. The van der Waals surface area contributed by atoms with Crippen LogP contribution >= 0.6 is 0 Å². The van der Waals surface area contributed by atoms with Crippen molar-refractivity contribution in [3.8, 4) is 0 Å². The second-order valence-electron chi connectivity index (χ2n) is 6.07. The van der Waals surface area contributed by atoms with E-state index in [1.165, 1.54) is 90.1 Å². The molecule has 0 aromatic heterocycles. The second kappa shape index (κ2) is 10.8. The van der Waals surface area contributed by atoms with E-state index in [1.54, 1.807) is 0 Å². The lowest BCUT2D eigenvalue weighted by Crippen LogP contribution is -2.38. The van der Waals surface area contributed by atoms with E-state index in [0.717, 1.165) is 6.04 Å². The Labute approximate surface area is 115 Å². The van der Waals surface area contributed by atoms with Crippen molar-refractivity contribution in [2.45, 2.75) is 96.9 Å². The van der Waals surface area contributed by atoms with Gasteiger partial charge >= 0.3 is 0 Å². The Morgan fingerprint density at radius 1 is 0.778 bits per heavy atom. The molecule has 0 radical (unpaired) electrons. The van der Waals surface area contributed by atoms with Crippen LogP contribution in [-0.4, -0.2) is 24.0 Å². The number of hydrogen-bond acceptors (Lipinski definition) is 1. The molecule has 1 heteroatoms. The van der Waals surface area contributed by atoms with Crippen molar-refractivity contribution >= 4 is 0 Å². The standard InChI is InChI=1S/C17H35N/c1-3-5-6-7-8-9-11-14-17(4-2)18-15-12-10-13-16-18/h17H,3-16H2,1-2H3. The molecule has 0 spiro atoms. The van der Waals surface area contributed by atoms with Crippen molar-refractivity contribution in [3.63, 3.8) is 0 Å². The fourth-order valence-electron chi connectivity index (χ4n) is 3.27. The van der Waals surface area contributed by atoms with Crippen LogP contribution in [0.25, 0.3) is 0 Å². The molecule has 1 saturated heterocycles. The predicted molar refractivity (Wildman–Crippen MR) is 82.1 cm³/mol. The van der Waals surface area contributed by atoms with E-state index in [1.807, 2.05) is 0 Å². The molecule has 108 valence electrons. The summed E-state index contributed by atoms with van der Waals surface area (Å²) in [6, 6.07) is 0.890. The number of hydrogen-bond donors (Lipinski definition) is 0. The maximum absolute atomic E-state index is 2.76. The molecular weight excluding hydrogens is 218 g/mol. The molecular formula is C17H35N. The van der Waals surface area contributed by atoms with Crippen LogP contribution in [0.3, 0.4) is 0 Å². The first kappa shape index (κ1) is 16.0. The van der Waals surface area contributed by atoms with Crippen molar-refractivity contribution in [2.24, 2.45) is 0 Å². The van der Waals surface area contributed by atoms with Gasteiger partial charge in [0.1, 0.15) is 0 Å². The summed E-state index contributed by atoms with van der Waals surface area (Å²) in [6.07, 6.45) is 17.3. The van der Waals surface area contributed by atoms with Gasteiger partial charge in [0, 0.05) is 6.04 Å². The van der Waals surface area contributed by atoms with Crippen molar-refractivity contribution in [1.82, 2.24) is 4.90 Å². The molecule has 0 saturated carbocycles. The number of piperidine rings is 1. The summed E-state index contributed by atoms with van der Waals surface area (Å²) in [5, 5.41) is 0. The lowest BCUT2D eigenvalue weighted by Gasteiger charge is -2.34. The zero-order valence-corrected chi connectivity index (χ0v) is 12.9. The van der Waals surface area contributed by atoms with E-state index in [9.17, 15) is 0 Å². The van der Waals surface area contributed by atoms with Gasteiger partial charge in [0.15, 0.2) is 0 Å². The maximum atomic E-state index is 2.76. The fourth-order valence-corrected chi connectivity index (χ4v) is 3.27. The highest BCUT2D eigenvalue weighted by Gasteiger charge is 2.18. The summed E-state index contributed by atoms with van der Waals surface area (Å²) in [6.45, 7) is 7.41. The highest BCUT2D eigenvalue weighted by Crippen LogP contribution is 2.19. The van der Waals surface area contributed by atoms with Crippen LogP contribution in [0.1, 0.15) is 90.9 Å². The second-order valence-corrected chi connectivity index (χ2v) is 6.07. The van der Waals surface area contributed by atoms with E-state index < -0.39 is 0 Å². The predicted octanol–water partition coefficient (Wildman–Crippen LogP) is 5.39. The molecule has 0 aromatic carbocycles. The third-order valence-electron chi connectivity index (χ3n) is 4.52. The van der Waals surface area contributed by atoms with Gasteiger partial charge < -0.3 is 4.90 Å². The van der Waals surface area contributed by atoms with Crippen molar-refractivity contribution < 1.29 is 0 Å². The van der Waals surface area contributed by atoms with E-state index >= 15 is 0 Å². The van der Waals surface area contributed by atoms with Crippen LogP contribution in [-0.2, 0) is 0 Å². The molecule has 0 aromatic rings. The van der Waals surface area contributed by atoms with Crippen LogP contribution in [0, 0.1) is 0 Å². The smallest absolute Gasteiger partial charge is 0.00926 e. The van der Waals surface area contributed by atoms with Gasteiger partial charge in [-0.05, 0) is 38.8 Å². The Balaban J connectivity index is 2.00. The normalized spacial score (nSPS) is 19.0. The minimum Gasteiger partial charge on any atom is -0.300 e. The average molecular weight is 253 g/mol. The fraction of sp³-hybridized carbons (Fsp3) is 1.00. The van der Waals surface area contributed by atoms with Gasteiger partial charge in [-0.2, -0.15) is 0 Å². The molecule has 0 N–H and O–H groups in total. The molecule has 0 bridgehead atoms. The molecule has 1 aliphatic rings. The lowest BCUT2D eigenvalue weighted by atomic mass is 10.00. The Hall–Kier alpha value is -0.0400. The van der Waals surface area contributed by atoms with E-state index in [-0.39, 0.29) is 0 Å². The minimum absolute atomic E-state index is 0.890. The van der Waals surface area contributed by atoms with Gasteiger partial charge in [-0.25, -0.2) is 0 Å². The summed E-state index contributed by atoms with van der Waals surface area (Å²) in [5.74, 6) is 0. The van der Waals surface area contributed by atoms with Gasteiger partial charge in [0.05, 0.1) is 0 Å². The van der Waals surface area contributed by atoms with Gasteiger partial charge in [0.25, 0.3) is 0 Å². The largest absolute Gasteiger partial charge is 0.300 e. The number of likely N-dealkylation sites (tertiary alicyclic amines) is 1. The summed E-state index contributed by atoms with van der Waals surface area (Å²) >= 11 is 0. The molecule has 1 rings (SSSR count). The Bertz CT molecular complexity index is 172. The van der Waals surface area contributed by atoms with Gasteiger partial charge in [-0.3, -0.25) is 0 Å². The number of rotatable bonds is 10. The number of unbranched alkanes of at least 4 members (excludes halogenated alkanes) is 6. The first-order valence-electron chi connectivity index (χ1n) is 8.62. The summed E-state index contributed by atoms with van der Waals surface area (Å²) in [7, 11) is 0. The average Bonchev–Trinajstić information content (AvgIpc) is 2.43. The lowest BCUT2D eigenvalue weighted by molar-refractivity contribution is 0.148. The molecule has 1 aliphatic heterocycles. The van der Waals surface area contributed by atoms with Gasteiger partial charge in [-0.15, -0.1) is 0 Å². The molecule has 0 aliphatic carbocycles. The first-order chi connectivity index (χ1) is 8.88. The highest BCUT2D eigenvalue weighted by molar-refractivity contribution is 4.73. The van der Waals surface area contributed by atoms with E-state index in [4.69, 9.17) is 0 Å². The molecule has 1 heterocycles. The zero-order valence-electron chi connectivity index (χ0n) is 12.9. The van der Waals surface area contributed by atoms with Crippen LogP contribution in [0.2, 0.25) is 0 Å². The Kier molecular flexibility index (Phi) is 9.65. The monoisotopic (exact) mass is 253 g/mol. The van der Waals surface area contributed by atoms with E-state index in [0.29, 0.717) is 0 Å². The first-order valence-corrected chi connectivity index (χ1v) is 8.62. The van der Waals surface area contributed by atoms with Crippen LogP contribution in [0.5, 0.6) is 0 Å². The molecule has 1 unspecified atom stereocenters. The molecule has 1 atom stereocenters. The van der Waals surface area contributed by atoms with Crippen LogP contribution in [0.15, 0.2) is 0 Å². The van der Waals surface area contributed by atoms with Gasteiger partial charge in [0.2, 0.25) is 0 Å². The SMILES string of the molecule is CCCCCCCCCC(CC)N1CCCCC1. The highest BCUT2D eigenvalue weighted by atomic mass is 15.2. The van der Waals surface area contributed by atoms with Crippen molar-refractivity contribution in [3.05, 3.63) is 0 Å². The zero-order chi connectivity index (χ0) is 13.1. The molecule has 1 nitrogen and oxygen atoms in total. The summed E-state index contributed by atoms with van der Waals surface area (Å²) in [5.41, 5.74) is 0. The topological polar surface area (TPSA) is 3.24 Å². The van der Waals surface area contributed by atoms with E-state index in [2.05, 4.69) is 18.7 Å². The quantitative estimate of drug-likeness (QED) is 0.472. The van der Waals surface area contributed by atoms with Crippen LogP contribution in [0.4, 0.5) is 0 Å². The Morgan fingerprint density at radius 3 is 2.00 bits per heavy atom. The van der Waals surface area contributed by atoms with Crippen LogP contribution < -0.4 is 0 Å². The molecule has 18 heavy (non-hydrogen) atoms. The Morgan fingerprint density at radius 2 is 1.39 bits per heavy atom. The minimum atomic E-state index is 0.890. The van der Waals surface area contributed by atoms with Gasteiger partial charge in [-0.1, -0.05) is 65.2 Å². The molecule has 1 fully saturated rings. The van der Waals surface area contributed by atoms with Crippen molar-refractivity contribution in [2.75, 3.05) is 13.1 Å². The maximum Gasteiger partial charge on any atom is 0.00926 e. The number of nitrogens with zero attached hydrogens (tertiary/aromatic N) is 1. The summed E-state index contributed by atoms with van der Waals surface area (Å²) in [4.78, 5) is 2.76. The third-order valence-corrected chi connectivity index (χ3v) is 4.52.